The number of carbonyl (C=O) groups excluding carboxylic acids is 1. The highest BCUT2D eigenvalue weighted by Crippen LogP contribution is 2.27. The number of hydrogen-bond donors (Lipinski definition) is 1. The van der Waals surface area contributed by atoms with Crippen molar-refractivity contribution < 1.29 is 13.9 Å². The first-order valence-corrected chi connectivity index (χ1v) is 8.06. The van der Waals surface area contributed by atoms with Gasteiger partial charge in [-0.15, -0.1) is 0 Å². The van der Waals surface area contributed by atoms with Crippen molar-refractivity contribution in [3.05, 3.63) is 58.3 Å². The number of hydrogen-bond acceptors (Lipinski definition) is 2. The largest absolute Gasteiger partial charge is 0.444 e. The lowest BCUT2D eigenvalue weighted by Crippen LogP contribution is -2.32. The molecule has 0 saturated heterocycles. The van der Waals surface area contributed by atoms with Crippen LogP contribution in [0.1, 0.15) is 26.3 Å². The molecule has 122 valence electrons. The summed E-state index contributed by atoms with van der Waals surface area (Å²) in [7, 11) is 0. The van der Waals surface area contributed by atoms with E-state index in [0.717, 1.165) is 11.1 Å². The van der Waals surface area contributed by atoms with Crippen LogP contribution in [0.2, 0.25) is 0 Å². The Balaban J connectivity index is 2.03. The molecule has 0 fully saturated rings. The molecule has 0 heterocycles. The minimum Gasteiger partial charge on any atom is -0.444 e. The summed E-state index contributed by atoms with van der Waals surface area (Å²) in [5.74, 6) is -0.285. The first kappa shape index (κ1) is 17.5. The van der Waals surface area contributed by atoms with Gasteiger partial charge in [0.2, 0.25) is 0 Å². The number of benzene rings is 2. The SMILES string of the molecule is CC(C)(C)OC(=O)NCc1ccc(-c2cccc(Br)c2F)cc1. The summed E-state index contributed by atoms with van der Waals surface area (Å²) in [6.45, 7) is 5.80. The van der Waals surface area contributed by atoms with E-state index in [-0.39, 0.29) is 5.82 Å². The van der Waals surface area contributed by atoms with Gasteiger partial charge in [0.05, 0.1) is 4.47 Å². The first-order valence-electron chi connectivity index (χ1n) is 7.26. The molecular formula is C18H19BrFNO2. The van der Waals surface area contributed by atoms with Gasteiger partial charge in [0.25, 0.3) is 0 Å². The molecule has 2 rings (SSSR count). The number of amides is 1. The Bertz CT molecular complexity index is 693. The Kier molecular flexibility index (Phi) is 5.42. The Labute approximate surface area is 144 Å². The zero-order valence-electron chi connectivity index (χ0n) is 13.3. The second-order valence-corrected chi connectivity index (χ2v) is 7.01. The monoisotopic (exact) mass is 379 g/mol. The average molecular weight is 380 g/mol. The first-order chi connectivity index (χ1) is 10.8. The summed E-state index contributed by atoms with van der Waals surface area (Å²) in [5.41, 5.74) is 1.71. The van der Waals surface area contributed by atoms with Crippen molar-refractivity contribution in [1.82, 2.24) is 5.32 Å². The number of halogens is 2. The molecule has 0 bridgehead atoms. The van der Waals surface area contributed by atoms with Gasteiger partial charge >= 0.3 is 6.09 Å². The van der Waals surface area contributed by atoms with Gasteiger partial charge in [0, 0.05) is 12.1 Å². The quantitative estimate of drug-likeness (QED) is 0.787. The maximum atomic E-state index is 14.1. The molecule has 1 amide bonds. The molecular weight excluding hydrogens is 361 g/mol. The molecule has 0 radical (unpaired) electrons. The van der Waals surface area contributed by atoms with Crippen molar-refractivity contribution in [2.45, 2.75) is 32.9 Å². The van der Waals surface area contributed by atoms with Crippen LogP contribution in [0.25, 0.3) is 11.1 Å². The van der Waals surface area contributed by atoms with Crippen molar-refractivity contribution in [2.24, 2.45) is 0 Å². The minimum atomic E-state index is -0.522. The molecule has 5 heteroatoms. The van der Waals surface area contributed by atoms with Crippen molar-refractivity contribution >= 4 is 22.0 Å². The van der Waals surface area contributed by atoms with E-state index in [4.69, 9.17) is 4.74 Å². The second-order valence-electron chi connectivity index (χ2n) is 6.15. The van der Waals surface area contributed by atoms with Crippen LogP contribution in [0.15, 0.2) is 46.9 Å². The molecule has 0 aliphatic heterocycles. The average Bonchev–Trinajstić information content (AvgIpc) is 2.47. The Morgan fingerprint density at radius 1 is 1.17 bits per heavy atom. The van der Waals surface area contributed by atoms with Crippen LogP contribution < -0.4 is 5.32 Å². The number of rotatable bonds is 3. The Morgan fingerprint density at radius 3 is 2.43 bits per heavy atom. The van der Waals surface area contributed by atoms with Crippen LogP contribution in [0, 0.1) is 5.82 Å². The van der Waals surface area contributed by atoms with Gasteiger partial charge in [-0.2, -0.15) is 0 Å². The summed E-state index contributed by atoms with van der Waals surface area (Å²) in [4.78, 5) is 11.6. The molecule has 0 aromatic heterocycles. The minimum absolute atomic E-state index is 0.285. The highest BCUT2D eigenvalue weighted by atomic mass is 79.9. The van der Waals surface area contributed by atoms with Crippen LogP contribution in [0.3, 0.4) is 0 Å². The Morgan fingerprint density at radius 2 is 1.83 bits per heavy atom. The van der Waals surface area contributed by atoms with E-state index < -0.39 is 11.7 Å². The van der Waals surface area contributed by atoms with E-state index in [1.54, 1.807) is 18.2 Å². The van der Waals surface area contributed by atoms with Gasteiger partial charge in [-0.3, -0.25) is 0 Å². The molecule has 0 aliphatic rings. The maximum absolute atomic E-state index is 14.1. The van der Waals surface area contributed by atoms with Gasteiger partial charge in [0.1, 0.15) is 11.4 Å². The molecule has 3 nitrogen and oxygen atoms in total. The molecule has 2 aromatic rings. The van der Waals surface area contributed by atoms with E-state index in [9.17, 15) is 9.18 Å². The summed E-state index contributed by atoms with van der Waals surface area (Å²) in [6.07, 6.45) is -0.459. The van der Waals surface area contributed by atoms with Gasteiger partial charge in [-0.05, 0) is 53.9 Å². The van der Waals surface area contributed by atoms with Crippen LogP contribution in [-0.2, 0) is 11.3 Å². The van der Waals surface area contributed by atoms with Crippen molar-refractivity contribution in [3.8, 4) is 11.1 Å². The van der Waals surface area contributed by atoms with Crippen molar-refractivity contribution in [1.29, 1.82) is 0 Å². The van der Waals surface area contributed by atoms with Crippen LogP contribution >= 0.6 is 15.9 Å². The molecule has 23 heavy (non-hydrogen) atoms. The Hall–Kier alpha value is -1.88. The third-order valence-electron chi connectivity index (χ3n) is 3.05. The zero-order valence-corrected chi connectivity index (χ0v) is 14.9. The number of carbonyl (C=O) groups is 1. The summed E-state index contributed by atoms with van der Waals surface area (Å²) in [5, 5.41) is 2.69. The molecule has 0 saturated carbocycles. The lowest BCUT2D eigenvalue weighted by Gasteiger charge is -2.19. The van der Waals surface area contributed by atoms with E-state index in [2.05, 4.69) is 21.2 Å². The van der Waals surface area contributed by atoms with Gasteiger partial charge in [-0.25, -0.2) is 9.18 Å². The fourth-order valence-electron chi connectivity index (χ4n) is 2.02. The normalized spacial score (nSPS) is 11.2. The molecule has 0 spiro atoms. The highest BCUT2D eigenvalue weighted by molar-refractivity contribution is 9.10. The number of alkyl carbamates (subject to hydrolysis) is 1. The lowest BCUT2D eigenvalue weighted by atomic mass is 10.0. The van der Waals surface area contributed by atoms with Gasteiger partial charge in [-0.1, -0.05) is 36.4 Å². The molecule has 1 N–H and O–H groups in total. The third-order valence-corrected chi connectivity index (χ3v) is 3.66. The number of nitrogens with one attached hydrogen (secondary N) is 1. The third kappa shape index (κ3) is 5.06. The van der Waals surface area contributed by atoms with Crippen molar-refractivity contribution in [2.75, 3.05) is 0 Å². The van der Waals surface area contributed by atoms with Crippen LogP contribution in [0.4, 0.5) is 9.18 Å². The zero-order chi connectivity index (χ0) is 17.0. The molecule has 0 unspecified atom stereocenters. The van der Waals surface area contributed by atoms with E-state index in [1.807, 2.05) is 45.0 Å². The van der Waals surface area contributed by atoms with Crippen LogP contribution in [0.5, 0.6) is 0 Å². The van der Waals surface area contributed by atoms with E-state index >= 15 is 0 Å². The predicted octanol–water partition coefficient (Wildman–Crippen LogP) is 5.28. The molecule has 0 aliphatic carbocycles. The summed E-state index contributed by atoms with van der Waals surface area (Å²) in [6, 6.07) is 12.6. The second kappa shape index (κ2) is 7.13. The smallest absolute Gasteiger partial charge is 0.407 e. The standard InChI is InChI=1S/C18H19BrFNO2/c1-18(2,3)23-17(22)21-11-12-7-9-13(10-8-12)14-5-4-6-15(19)16(14)20/h4-10H,11H2,1-3H3,(H,21,22). The van der Waals surface area contributed by atoms with E-state index in [0.29, 0.717) is 16.6 Å². The maximum Gasteiger partial charge on any atom is 0.407 e. The summed E-state index contributed by atoms with van der Waals surface area (Å²) >= 11 is 3.19. The van der Waals surface area contributed by atoms with Gasteiger partial charge in [0.15, 0.2) is 0 Å². The lowest BCUT2D eigenvalue weighted by molar-refractivity contribution is 0.0523. The van der Waals surface area contributed by atoms with E-state index in [1.165, 1.54) is 0 Å². The number of ether oxygens (including phenoxy) is 1. The van der Waals surface area contributed by atoms with Crippen LogP contribution in [-0.4, -0.2) is 11.7 Å². The molecule has 2 aromatic carbocycles. The fourth-order valence-corrected chi connectivity index (χ4v) is 2.38. The highest BCUT2D eigenvalue weighted by Gasteiger charge is 2.15. The van der Waals surface area contributed by atoms with Crippen molar-refractivity contribution in [3.63, 3.8) is 0 Å². The fraction of sp³-hybridized carbons (Fsp3) is 0.278. The topological polar surface area (TPSA) is 38.3 Å². The van der Waals surface area contributed by atoms with Gasteiger partial charge < -0.3 is 10.1 Å². The summed E-state index contributed by atoms with van der Waals surface area (Å²) < 4.78 is 19.7. The predicted molar refractivity (Wildman–Crippen MR) is 92.6 cm³/mol. The molecule has 0 atom stereocenters.